The summed E-state index contributed by atoms with van der Waals surface area (Å²) in [5, 5.41) is 0. The van der Waals surface area contributed by atoms with E-state index in [1.54, 1.807) is 6.20 Å². The molecule has 2 saturated heterocycles. The van der Waals surface area contributed by atoms with Gasteiger partial charge >= 0.3 is 0 Å². The first-order chi connectivity index (χ1) is 12.1. The Morgan fingerprint density at radius 1 is 1.24 bits per heavy atom. The van der Waals surface area contributed by atoms with Crippen LogP contribution in [-0.4, -0.2) is 59.1 Å². The quantitative estimate of drug-likeness (QED) is 0.795. The minimum absolute atomic E-state index is 0.0794. The van der Waals surface area contributed by atoms with Crippen LogP contribution in [0.15, 0.2) is 24.4 Å². The lowest BCUT2D eigenvalue weighted by molar-refractivity contribution is -0.172. The summed E-state index contributed by atoms with van der Waals surface area (Å²) in [6.45, 7) is 9.39. The molecule has 5 heteroatoms. The smallest absolute Gasteiger partial charge is 0.249 e. The molecule has 2 fully saturated rings. The molecule has 0 saturated carbocycles. The van der Waals surface area contributed by atoms with E-state index in [0.717, 1.165) is 37.5 Å². The molecule has 3 heterocycles. The predicted octanol–water partition coefficient (Wildman–Crippen LogP) is 2.71. The summed E-state index contributed by atoms with van der Waals surface area (Å²) in [6, 6.07) is 5.86. The standard InChI is InChI=1S/C20H31N3O2/c1-3-17(4-2)13-22-11-8-20(9-12-22)16-23(19(24)15-25-20)14-18-7-5-6-10-21-18/h5-7,10,17H,3-4,8-9,11-16H2,1-2H3. The molecular formula is C20H31N3O2. The minimum Gasteiger partial charge on any atom is -0.363 e. The van der Waals surface area contributed by atoms with Crippen LogP contribution < -0.4 is 0 Å². The summed E-state index contributed by atoms with van der Waals surface area (Å²) in [5.74, 6) is 0.874. The number of hydrogen-bond acceptors (Lipinski definition) is 4. The van der Waals surface area contributed by atoms with Crippen LogP contribution in [-0.2, 0) is 16.1 Å². The summed E-state index contributed by atoms with van der Waals surface area (Å²) in [5.41, 5.74) is 0.784. The van der Waals surface area contributed by atoms with E-state index in [2.05, 4.69) is 23.7 Å². The molecule has 3 rings (SSSR count). The summed E-state index contributed by atoms with van der Waals surface area (Å²) in [6.07, 6.45) is 6.31. The van der Waals surface area contributed by atoms with Crippen molar-refractivity contribution >= 4 is 5.91 Å². The molecule has 1 aromatic rings. The molecule has 0 aliphatic carbocycles. The van der Waals surface area contributed by atoms with Gasteiger partial charge in [0.25, 0.3) is 0 Å². The van der Waals surface area contributed by atoms with Gasteiger partial charge in [-0.25, -0.2) is 0 Å². The van der Waals surface area contributed by atoms with Crippen LogP contribution in [0.25, 0.3) is 0 Å². The van der Waals surface area contributed by atoms with Gasteiger partial charge in [-0.05, 0) is 30.9 Å². The van der Waals surface area contributed by atoms with E-state index in [1.165, 1.54) is 19.4 Å². The highest BCUT2D eigenvalue weighted by Gasteiger charge is 2.42. The summed E-state index contributed by atoms with van der Waals surface area (Å²) in [7, 11) is 0. The van der Waals surface area contributed by atoms with Gasteiger partial charge in [-0.1, -0.05) is 32.8 Å². The van der Waals surface area contributed by atoms with Crippen molar-refractivity contribution < 1.29 is 9.53 Å². The molecule has 1 amide bonds. The monoisotopic (exact) mass is 345 g/mol. The van der Waals surface area contributed by atoms with E-state index in [-0.39, 0.29) is 18.1 Å². The van der Waals surface area contributed by atoms with Crippen molar-refractivity contribution in [3.05, 3.63) is 30.1 Å². The molecule has 0 unspecified atom stereocenters. The zero-order valence-electron chi connectivity index (χ0n) is 15.6. The molecule has 138 valence electrons. The van der Waals surface area contributed by atoms with Crippen molar-refractivity contribution in [3.63, 3.8) is 0 Å². The average molecular weight is 345 g/mol. The van der Waals surface area contributed by atoms with Gasteiger partial charge in [0, 0.05) is 25.8 Å². The number of nitrogens with zero attached hydrogens (tertiary/aromatic N) is 3. The van der Waals surface area contributed by atoms with E-state index in [0.29, 0.717) is 13.1 Å². The summed E-state index contributed by atoms with van der Waals surface area (Å²) >= 11 is 0. The molecule has 5 nitrogen and oxygen atoms in total. The Labute approximate surface area is 151 Å². The van der Waals surface area contributed by atoms with Crippen LogP contribution in [0.2, 0.25) is 0 Å². The Morgan fingerprint density at radius 2 is 2.00 bits per heavy atom. The Hall–Kier alpha value is -1.46. The Morgan fingerprint density at radius 3 is 2.64 bits per heavy atom. The predicted molar refractivity (Wildman–Crippen MR) is 98.1 cm³/mol. The lowest BCUT2D eigenvalue weighted by Gasteiger charge is -2.47. The minimum atomic E-state index is -0.160. The Bertz CT molecular complexity index is 551. The van der Waals surface area contributed by atoms with Crippen molar-refractivity contribution in [2.45, 2.75) is 51.7 Å². The average Bonchev–Trinajstić information content (AvgIpc) is 2.65. The van der Waals surface area contributed by atoms with Crippen LogP contribution in [0.1, 0.15) is 45.2 Å². The maximum absolute atomic E-state index is 12.3. The number of likely N-dealkylation sites (tertiary alicyclic amines) is 1. The third kappa shape index (κ3) is 4.59. The van der Waals surface area contributed by atoms with E-state index in [1.807, 2.05) is 23.1 Å². The largest absolute Gasteiger partial charge is 0.363 e. The fourth-order valence-corrected chi connectivity index (χ4v) is 3.98. The fraction of sp³-hybridized carbons (Fsp3) is 0.700. The number of aromatic nitrogens is 1. The number of morpholine rings is 1. The lowest BCUT2D eigenvalue weighted by Crippen LogP contribution is -2.58. The molecule has 2 aliphatic heterocycles. The fourth-order valence-electron chi connectivity index (χ4n) is 3.98. The zero-order chi connectivity index (χ0) is 17.7. The van der Waals surface area contributed by atoms with Gasteiger partial charge in [-0.2, -0.15) is 0 Å². The third-order valence-corrected chi connectivity index (χ3v) is 5.85. The molecule has 2 aliphatic rings. The van der Waals surface area contributed by atoms with Crippen LogP contribution in [0.3, 0.4) is 0 Å². The molecule has 25 heavy (non-hydrogen) atoms. The van der Waals surface area contributed by atoms with Crippen LogP contribution in [0, 0.1) is 5.92 Å². The van der Waals surface area contributed by atoms with Crippen LogP contribution in [0.5, 0.6) is 0 Å². The Kier molecular flexibility index (Phi) is 6.07. The number of carbonyl (C=O) groups is 1. The van der Waals surface area contributed by atoms with Crippen molar-refractivity contribution in [1.29, 1.82) is 0 Å². The number of pyridine rings is 1. The zero-order valence-corrected chi connectivity index (χ0v) is 15.6. The number of rotatable bonds is 6. The first-order valence-electron chi connectivity index (χ1n) is 9.68. The molecule has 0 atom stereocenters. The highest BCUT2D eigenvalue weighted by Crippen LogP contribution is 2.31. The number of piperidine rings is 1. The maximum atomic E-state index is 12.3. The van der Waals surface area contributed by atoms with Gasteiger partial charge in [-0.3, -0.25) is 9.78 Å². The SMILES string of the molecule is CCC(CC)CN1CCC2(CC1)CN(Cc1ccccn1)C(=O)CO2. The topological polar surface area (TPSA) is 45.7 Å². The molecular weight excluding hydrogens is 314 g/mol. The van der Waals surface area contributed by atoms with Gasteiger partial charge in [0.1, 0.15) is 6.61 Å². The van der Waals surface area contributed by atoms with Gasteiger partial charge in [0.15, 0.2) is 0 Å². The maximum Gasteiger partial charge on any atom is 0.249 e. The first-order valence-corrected chi connectivity index (χ1v) is 9.68. The van der Waals surface area contributed by atoms with Crippen LogP contribution >= 0.6 is 0 Å². The van der Waals surface area contributed by atoms with Crippen molar-refractivity contribution in [2.75, 3.05) is 32.8 Å². The molecule has 1 spiro atoms. The highest BCUT2D eigenvalue weighted by molar-refractivity contribution is 5.78. The molecule has 1 aromatic heterocycles. The van der Waals surface area contributed by atoms with Crippen molar-refractivity contribution in [3.8, 4) is 0 Å². The number of carbonyl (C=O) groups excluding carboxylic acids is 1. The first kappa shape index (κ1) is 18.3. The van der Waals surface area contributed by atoms with E-state index < -0.39 is 0 Å². The van der Waals surface area contributed by atoms with Crippen molar-refractivity contribution in [2.24, 2.45) is 5.92 Å². The van der Waals surface area contributed by atoms with E-state index >= 15 is 0 Å². The normalized spacial score (nSPS) is 21.2. The van der Waals surface area contributed by atoms with E-state index in [4.69, 9.17) is 4.74 Å². The van der Waals surface area contributed by atoms with E-state index in [9.17, 15) is 4.79 Å². The lowest BCUT2D eigenvalue weighted by atomic mass is 9.88. The number of amides is 1. The highest BCUT2D eigenvalue weighted by atomic mass is 16.5. The number of ether oxygens (including phenoxy) is 1. The van der Waals surface area contributed by atoms with Crippen LogP contribution in [0.4, 0.5) is 0 Å². The second-order valence-electron chi connectivity index (χ2n) is 7.53. The molecule has 0 bridgehead atoms. The van der Waals surface area contributed by atoms with Gasteiger partial charge < -0.3 is 14.5 Å². The van der Waals surface area contributed by atoms with Gasteiger partial charge in [-0.15, -0.1) is 0 Å². The second kappa shape index (κ2) is 8.28. The molecule has 0 aromatic carbocycles. The third-order valence-electron chi connectivity index (χ3n) is 5.85. The second-order valence-corrected chi connectivity index (χ2v) is 7.53. The summed E-state index contributed by atoms with van der Waals surface area (Å²) < 4.78 is 6.05. The van der Waals surface area contributed by atoms with Gasteiger partial charge in [0.05, 0.1) is 24.4 Å². The molecule has 0 radical (unpaired) electrons. The number of hydrogen-bond donors (Lipinski definition) is 0. The molecule has 0 N–H and O–H groups in total. The van der Waals surface area contributed by atoms with Gasteiger partial charge in [0.2, 0.25) is 5.91 Å². The Balaban J connectivity index is 1.57. The van der Waals surface area contributed by atoms with Crippen molar-refractivity contribution in [1.82, 2.24) is 14.8 Å². The summed E-state index contributed by atoms with van der Waals surface area (Å²) in [4.78, 5) is 21.1.